The molecule has 0 unspecified atom stereocenters. The van der Waals surface area contributed by atoms with E-state index in [9.17, 15) is 4.79 Å². The molecule has 0 bridgehead atoms. The molecule has 1 aliphatic heterocycles. The lowest BCUT2D eigenvalue weighted by Crippen LogP contribution is -2.47. The first-order chi connectivity index (χ1) is 6.25. The van der Waals surface area contributed by atoms with Crippen molar-refractivity contribution >= 4 is 5.91 Å². The number of nitrogens with two attached hydrogens (primary N) is 1. The Morgan fingerprint density at radius 3 is 2.69 bits per heavy atom. The fourth-order valence-electron chi connectivity index (χ4n) is 1.37. The minimum Gasteiger partial charge on any atom is -0.381 e. The molecule has 0 aromatic rings. The predicted octanol–water partition coefficient (Wildman–Crippen LogP) is 0.444. The van der Waals surface area contributed by atoms with Crippen LogP contribution in [0.5, 0.6) is 0 Å². The summed E-state index contributed by atoms with van der Waals surface area (Å²) in [6.45, 7) is 3.19. The number of hydrogen-bond donors (Lipinski definition) is 1. The van der Waals surface area contributed by atoms with Gasteiger partial charge in [0, 0.05) is 19.3 Å². The minimum atomic E-state index is -0.130. The highest BCUT2D eigenvalue weighted by atomic mass is 16.5. The fraction of sp³-hybridized carbons (Fsp3) is 0.667. The third-order valence-corrected chi connectivity index (χ3v) is 2.15. The maximum absolute atomic E-state index is 11.3. The van der Waals surface area contributed by atoms with Gasteiger partial charge in [0.15, 0.2) is 0 Å². The summed E-state index contributed by atoms with van der Waals surface area (Å²) in [6, 6.07) is 0.137. The van der Waals surface area contributed by atoms with Gasteiger partial charge in [-0.25, -0.2) is 5.84 Å². The first-order valence-electron chi connectivity index (χ1n) is 4.54. The highest BCUT2D eigenvalue weighted by Gasteiger charge is 2.21. The quantitative estimate of drug-likeness (QED) is 0.293. The minimum absolute atomic E-state index is 0.130. The van der Waals surface area contributed by atoms with Crippen LogP contribution in [0.4, 0.5) is 0 Å². The molecule has 13 heavy (non-hydrogen) atoms. The van der Waals surface area contributed by atoms with Crippen molar-refractivity contribution in [3.05, 3.63) is 12.2 Å². The Balaban J connectivity index is 2.44. The van der Waals surface area contributed by atoms with Gasteiger partial charge in [-0.3, -0.25) is 9.80 Å². The zero-order chi connectivity index (χ0) is 9.68. The molecule has 0 saturated carbocycles. The Labute approximate surface area is 78.3 Å². The molecule has 1 aliphatic rings. The molecule has 0 spiro atoms. The van der Waals surface area contributed by atoms with Crippen LogP contribution in [0.1, 0.15) is 19.8 Å². The number of amides is 1. The van der Waals surface area contributed by atoms with Crippen LogP contribution < -0.4 is 5.84 Å². The van der Waals surface area contributed by atoms with Gasteiger partial charge in [-0.05, 0) is 19.8 Å². The molecule has 1 amide bonds. The third-order valence-electron chi connectivity index (χ3n) is 2.15. The molecule has 74 valence electrons. The van der Waals surface area contributed by atoms with Gasteiger partial charge >= 0.3 is 0 Å². The van der Waals surface area contributed by atoms with Crippen LogP contribution in [0.2, 0.25) is 0 Å². The van der Waals surface area contributed by atoms with Crippen molar-refractivity contribution in [1.82, 2.24) is 5.01 Å². The molecule has 0 aliphatic carbocycles. The molecule has 4 heteroatoms. The average Bonchev–Trinajstić information content (AvgIpc) is 2.18. The van der Waals surface area contributed by atoms with Crippen molar-refractivity contribution in [3.63, 3.8) is 0 Å². The fourth-order valence-corrected chi connectivity index (χ4v) is 1.37. The van der Waals surface area contributed by atoms with E-state index in [2.05, 4.69) is 0 Å². The summed E-state index contributed by atoms with van der Waals surface area (Å²) in [5.74, 6) is 5.52. The smallest absolute Gasteiger partial charge is 0.260 e. The summed E-state index contributed by atoms with van der Waals surface area (Å²) >= 11 is 0. The molecule has 4 nitrogen and oxygen atoms in total. The summed E-state index contributed by atoms with van der Waals surface area (Å²) in [5.41, 5.74) is 0. The summed E-state index contributed by atoms with van der Waals surface area (Å²) in [4.78, 5) is 11.3. The topological polar surface area (TPSA) is 55.6 Å². The zero-order valence-corrected chi connectivity index (χ0v) is 7.90. The first-order valence-corrected chi connectivity index (χ1v) is 4.54. The summed E-state index contributed by atoms with van der Waals surface area (Å²) < 4.78 is 5.18. The standard InChI is InChI=1S/C9H16N2O2/c1-2-3-9(12)11(10)8-4-6-13-7-5-8/h2-3,8H,4-7,10H2,1H3/b3-2+. The maximum atomic E-state index is 11.3. The van der Waals surface area contributed by atoms with Crippen molar-refractivity contribution < 1.29 is 9.53 Å². The van der Waals surface area contributed by atoms with Crippen molar-refractivity contribution in [2.45, 2.75) is 25.8 Å². The molecule has 1 heterocycles. The number of nitrogens with zero attached hydrogens (tertiary/aromatic N) is 1. The van der Waals surface area contributed by atoms with Crippen LogP contribution in [0.15, 0.2) is 12.2 Å². The maximum Gasteiger partial charge on any atom is 0.260 e. The number of carbonyl (C=O) groups is 1. The normalized spacial score (nSPS) is 19.2. The Hall–Kier alpha value is -0.870. The second-order valence-corrected chi connectivity index (χ2v) is 3.09. The van der Waals surface area contributed by atoms with Gasteiger partial charge in [-0.15, -0.1) is 0 Å². The Kier molecular flexibility index (Phi) is 3.92. The second-order valence-electron chi connectivity index (χ2n) is 3.09. The van der Waals surface area contributed by atoms with Gasteiger partial charge in [0.2, 0.25) is 0 Å². The molecule has 0 atom stereocenters. The molecule has 1 fully saturated rings. The van der Waals surface area contributed by atoms with Crippen molar-refractivity contribution in [2.24, 2.45) is 5.84 Å². The van der Waals surface area contributed by atoms with Gasteiger partial charge in [0.05, 0.1) is 6.04 Å². The number of carbonyl (C=O) groups excluding carboxylic acids is 1. The lowest BCUT2D eigenvalue weighted by molar-refractivity contribution is -0.130. The van der Waals surface area contributed by atoms with Gasteiger partial charge in [0.1, 0.15) is 0 Å². The third kappa shape index (κ3) is 2.82. The van der Waals surface area contributed by atoms with Crippen LogP contribution >= 0.6 is 0 Å². The molecule has 0 aromatic carbocycles. The number of ether oxygens (including phenoxy) is 1. The molecular formula is C9H16N2O2. The summed E-state index contributed by atoms with van der Waals surface area (Å²) in [6.07, 6.45) is 4.84. The van der Waals surface area contributed by atoms with Gasteiger partial charge in [-0.1, -0.05) is 6.08 Å². The number of hydrogen-bond acceptors (Lipinski definition) is 3. The predicted molar refractivity (Wildman–Crippen MR) is 49.7 cm³/mol. The molecule has 0 aromatic heterocycles. The summed E-state index contributed by atoms with van der Waals surface area (Å²) in [7, 11) is 0. The van der Waals surface area contributed by atoms with E-state index < -0.39 is 0 Å². The van der Waals surface area contributed by atoms with E-state index in [0.29, 0.717) is 13.2 Å². The van der Waals surface area contributed by atoms with Gasteiger partial charge in [-0.2, -0.15) is 0 Å². The van der Waals surface area contributed by atoms with Crippen molar-refractivity contribution in [3.8, 4) is 0 Å². The number of allylic oxidation sites excluding steroid dienone is 1. The first kappa shape index (κ1) is 10.2. The van der Waals surface area contributed by atoms with Crippen LogP contribution in [-0.2, 0) is 9.53 Å². The van der Waals surface area contributed by atoms with Crippen LogP contribution in [0, 0.1) is 0 Å². The van der Waals surface area contributed by atoms with E-state index in [1.54, 1.807) is 13.0 Å². The Morgan fingerprint density at radius 2 is 2.15 bits per heavy atom. The summed E-state index contributed by atoms with van der Waals surface area (Å²) in [5, 5.41) is 1.31. The van der Waals surface area contributed by atoms with Crippen LogP contribution in [0.25, 0.3) is 0 Å². The number of hydrazine groups is 1. The largest absolute Gasteiger partial charge is 0.381 e. The molecular weight excluding hydrogens is 168 g/mol. The number of rotatable bonds is 2. The van der Waals surface area contributed by atoms with E-state index in [4.69, 9.17) is 10.6 Å². The van der Waals surface area contributed by atoms with Crippen LogP contribution in [-0.4, -0.2) is 30.2 Å². The molecule has 2 N–H and O–H groups in total. The highest BCUT2D eigenvalue weighted by Crippen LogP contribution is 2.11. The van der Waals surface area contributed by atoms with E-state index in [0.717, 1.165) is 12.8 Å². The average molecular weight is 184 g/mol. The van der Waals surface area contributed by atoms with E-state index in [1.807, 2.05) is 0 Å². The lowest BCUT2D eigenvalue weighted by atomic mass is 10.1. The zero-order valence-electron chi connectivity index (χ0n) is 7.90. The monoisotopic (exact) mass is 184 g/mol. The van der Waals surface area contributed by atoms with Gasteiger partial charge in [0.25, 0.3) is 5.91 Å². The Bertz CT molecular complexity index is 198. The second kappa shape index (κ2) is 4.99. The van der Waals surface area contributed by atoms with Crippen molar-refractivity contribution in [2.75, 3.05) is 13.2 Å². The lowest BCUT2D eigenvalue weighted by Gasteiger charge is -2.29. The van der Waals surface area contributed by atoms with E-state index >= 15 is 0 Å². The highest BCUT2D eigenvalue weighted by molar-refractivity contribution is 5.87. The van der Waals surface area contributed by atoms with E-state index in [1.165, 1.54) is 11.1 Å². The van der Waals surface area contributed by atoms with E-state index in [-0.39, 0.29) is 11.9 Å². The SMILES string of the molecule is C/C=C/C(=O)N(N)C1CCOCC1. The molecule has 0 radical (unpaired) electrons. The van der Waals surface area contributed by atoms with Crippen molar-refractivity contribution in [1.29, 1.82) is 0 Å². The van der Waals surface area contributed by atoms with Gasteiger partial charge < -0.3 is 4.74 Å². The molecule has 1 saturated heterocycles. The van der Waals surface area contributed by atoms with Crippen LogP contribution in [0.3, 0.4) is 0 Å². The Morgan fingerprint density at radius 1 is 1.54 bits per heavy atom. The molecule has 1 rings (SSSR count).